The van der Waals surface area contributed by atoms with E-state index in [4.69, 9.17) is 4.74 Å². The first-order chi connectivity index (χ1) is 9.12. The highest BCUT2D eigenvalue weighted by atomic mass is 16.5. The highest BCUT2D eigenvalue weighted by molar-refractivity contribution is 6.01. The Labute approximate surface area is 115 Å². The largest absolute Gasteiger partial charge is 0.465 e. The molecule has 0 N–H and O–H groups in total. The van der Waals surface area contributed by atoms with E-state index in [0.29, 0.717) is 18.2 Å². The third kappa shape index (κ3) is 4.39. The fraction of sp³-hybridized carbons (Fsp3) is 0.467. The Bertz CT molecular complexity index is 434. The van der Waals surface area contributed by atoms with Gasteiger partial charge in [0.25, 0.3) is 11.9 Å². The van der Waals surface area contributed by atoms with Crippen molar-refractivity contribution in [1.82, 2.24) is 4.90 Å². The van der Waals surface area contributed by atoms with E-state index in [1.54, 1.807) is 12.1 Å². The predicted octanol–water partition coefficient (Wildman–Crippen LogP) is 2.87. The zero-order valence-corrected chi connectivity index (χ0v) is 12.1. The zero-order chi connectivity index (χ0) is 14.3. The molecular weight excluding hydrogens is 240 g/mol. The normalized spacial score (nSPS) is 11.3. The van der Waals surface area contributed by atoms with E-state index in [-0.39, 0.29) is 5.91 Å². The van der Waals surface area contributed by atoms with Crippen LogP contribution in [0, 0.1) is 6.92 Å². The van der Waals surface area contributed by atoms with Gasteiger partial charge in [0.1, 0.15) is 0 Å². The number of rotatable bonds is 4. The van der Waals surface area contributed by atoms with Crippen LogP contribution in [0.25, 0.3) is 0 Å². The van der Waals surface area contributed by atoms with E-state index in [2.05, 4.69) is 4.99 Å². The number of aliphatic imine (C=N–C) groups is 1. The summed E-state index contributed by atoms with van der Waals surface area (Å²) in [5.41, 5.74) is 1.70. The van der Waals surface area contributed by atoms with Crippen LogP contribution in [0.15, 0.2) is 29.3 Å². The lowest BCUT2D eigenvalue weighted by molar-refractivity contribution is 0.0994. The SMILES string of the molecule is CCOC(=NC(=O)c1ccc(C)cc1)N(CC)CC. The molecule has 0 aliphatic heterocycles. The van der Waals surface area contributed by atoms with Crippen LogP contribution < -0.4 is 0 Å². The second-order valence-electron chi connectivity index (χ2n) is 4.17. The summed E-state index contributed by atoms with van der Waals surface area (Å²) in [5, 5.41) is 0. The van der Waals surface area contributed by atoms with Crippen LogP contribution >= 0.6 is 0 Å². The minimum absolute atomic E-state index is 0.268. The molecule has 104 valence electrons. The van der Waals surface area contributed by atoms with Gasteiger partial charge >= 0.3 is 0 Å². The molecule has 1 amide bonds. The second kappa shape index (κ2) is 7.56. The fourth-order valence-electron chi connectivity index (χ4n) is 1.67. The van der Waals surface area contributed by atoms with Crippen molar-refractivity contribution < 1.29 is 9.53 Å². The second-order valence-corrected chi connectivity index (χ2v) is 4.17. The Morgan fingerprint density at radius 3 is 2.21 bits per heavy atom. The van der Waals surface area contributed by atoms with Crippen LogP contribution in [-0.4, -0.2) is 36.5 Å². The zero-order valence-electron chi connectivity index (χ0n) is 12.1. The summed E-state index contributed by atoms with van der Waals surface area (Å²) < 4.78 is 5.46. The molecule has 19 heavy (non-hydrogen) atoms. The smallest absolute Gasteiger partial charge is 0.295 e. The standard InChI is InChI=1S/C15H22N2O2/c1-5-17(6-2)15(19-7-3)16-14(18)13-10-8-12(4)9-11-13/h8-11H,5-7H2,1-4H3. The molecule has 1 aromatic rings. The van der Waals surface area contributed by atoms with E-state index >= 15 is 0 Å². The highest BCUT2D eigenvalue weighted by Gasteiger charge is 2.12. The maximum atomic E-state index is 12.1. The Hall–Kier alpha value is -1.84. The average molecular weight is 262 g/mol. The number of amides is 1. The monoisotopic (exact) mass is 262 g/mol. The van der Waals surface area contributed by atoms with E-state index in [0.717, 1.165) is 18.7 Å². The number of aryl methyl sites for hydroxylation is 1. The number of carbonyl (C=O) groups is 1. The molecule has 0 aromatic heterocycles. The van der Waals surface area contributed by atoms with Crippen molar-refractivity contribution in [2.75, 3.05) is 19.7 Å². The summed E-state index contributed by atoms with van der Waals surface area (Å²) in [5.74, 6) is -0.268. The number of amidine groups is 1. The molecule has 0 bridgehead atoms. The number of carbonyl (C=O) groups excluding carboxylic acids is 1. The lowest BCUT2D eigenvalue weighted by Gasteiger charge is -2.21. The average Bonchev–Trinajstić information content (AvgIpc) is 2.41. The quantitative estimate of drug-likeness (QED) is 0.619. The molecule has 4 nitrogen and oxygen atoms in total. The first-order valence-corrected chi connectivity index (χ1v) is 6.69. The molecule has 0 saturated carbocycles. The van der Waals surface area contributed by atoms with Gasteiger partial charge in [0.05, 0.1) is 6.61 Å². The molecule has 1 aromatic carbocycles. The minimum Gasteiger partial charge on any atom is -0.465 e. The van der Waals surface area contributed by atoms with Crippen molar-refractivity contribution >= 4 is 11.9 Å². The van der Waals surface area contributed by atoms with Crippen LogP contribution in [0.1, 0.15) is 36.7 Å². The van der Waals surface area contributed by atoms with Crippen molar-refractivity contribution in [3.8, 4) is 0 Å². The summed E-state index contributed by atoms with van der Waals surface area (Å²) in [6, 6.07) is 7.78. The number of ether oxygens (including phenoxy) is 1. The van der Waals surface area contributed by atoms with Crippen LogP contribution in [-0.2, 0) is 4.74 Å². The number of hydrogen-bond acceptors (Lipinski definition) is 2. The molecule has 0 fully saturated rings. The Morgan fingerprint density at radius 1 is 1.16 bits per heavy atom. The van der Waals surface area contributed by atoms with E-state index < -0.39 is 0 Å². The maximum Gasteiger partial charge on any atom is 0.295 e. The molecule has 0 atom stereocenters. The molecule has 0 heterocycles. The van der Waals surface area contributed by atoms with Gasteiger partial charge in [0, 0.05) is 18.7 Å². The Morgan fingerprint density at radius 2 is 1.74 bits per heavy atom. The summed E-state index contributed by atoms with van der Waals surface area (Å²) in [6.45, 7) is 9.90. The van der Waals surface area contributed by atoms with Gasteiger partial charge in [-0.15, -0.1) is 0 Å². The van der Waals surface area contributed by atoms with Gasteiger partial charge in [0.15, 0.2) is 0 Å². The number of nitrogens with zero attached hydrogens (tertiary/aromatic N) is 2. The van der Waals surface area contributed by atoms with Crippen molar-refractivity contribution in [2.45, 2.75) is 27.7 Å². The first kappa shape index (κ1) is 15.2. The van der Waals surface area contributed by atoms with Gasteiger partial charge in [0.2, 0.25) is 0 Å². The van der Waals surface area contributed by atoms with Gasteiger partial charge in [-0.25, -0.2) is 0 Å². The molecule has 1 rings (SSSR count). The van der Waals surface area contributed by atoms with Gasteiger partial charge < -0.3 is 9.64 Å². The van der Waals surface area contributed by atoms with Crippen molar-refractivity contribution in [1.29, 1.82) is 0 Å². The summed E-state index contributed by atoms with van der Waals surface area (Å²) in [7, 11) is 0. The van der Waals surface area contributed by atoms with Crippen LogP contribution in [0.4, 0.5) is 0 Å². The van der Waals surface area contributed by atoms with E-state index in [1.165, 1.54) is 0 Å². The van der Waals surface area contributed by atoms with E-state index in [1.807, 2.05) is 44.7 Å². The lowest BCUT2D eigenvalue weighted by Crippen LogP contribution is -2.33. The predicted molar refractivity (Wildman–Crippen MR) is 77.5 cm³/mol. The third-order valence-corrected chi connectivity index (χ3v) is 2.80. The Balaban J connectivity index is 2.94. The molecular formula is C15H22N2O2. The van der Waals surface area contributed by atoms with Crippen LogP contribution in [0.2, 0.25) is 0 Å². The van der Waals surface area contributed by atoms with Crippen molar-refractivity contribution in [3.05, 3.63) is 35.4 Å². The fourth-order valence-corrected chi connectivity index (χ4v) is 1.67. The summed E-state index contributed by atoms with van der Waals surface area (Å²) >= 11 is 0. The van der Waals surface area contributed by atoms with Crippen LogP contribution in [0.5, 0.6) is 0 Å². The van der Waals surface area contributed by atoms with Gasteiger partial charge in [-0.2, -0.15) is 4.99 Å². The van der Waals surface area contributed by atoms with Gasteiger partial charge in [-0.05, 0) is 39.8 Å². The topological polar surface area (TPSA) is 41.9 Å². The molecule has 0 radical (unpaired) electrons. The summed E-state index contributed by atoms with van der Waals surface area (Å²) in [6.07, 6.45) is 0. The van der Waals surface area contributed by atoms with E-state index in [9.17, 15) is 4.79 Å². The van der Waals surface area contributed by atoms with Crippen molar-refractivity contribution in [3.63, 3.8) is 0 Å². The van der Waals surface area contributed by atoms with Crippen molar-refractivity contribution in [2.24, 2.45) is 4.99 Å². The number of hydrogen-bond donors (Lipinski definition) is 0. The highest BCUT2D eigenvalue weighted by Crippen LogP contribution is 2.06. The third-order valence-electron chi connectivity index (χ3n) is 2.80. The first-order valence-electron chi connectivity index (χ1n) is 6.69. The maximum absolute atomic E-state index is 12.1. The molecule has 0 saturated heterocycles. The van der Waals surface area contributed by atoms with Crippen LogP contribution in [0.3, 0.4) is 0 Å². The number of benzene rings is 1. The molecule has 0 unspecified atom stereocenters. The summed E-state index contributed by atoms with van der Waals surface area (Å²) in [4.78, 5) is 18.1. The van der Waals surface area contributed by atoms with Gasteiger partial charge in [-0.1, -0.05) is 17.7 Å². The molecule has 0 aliphatic rings. The molecule has 0 spiro atoms. The van der Waals surface area contributed by atoms with Gasteiger partial charge in [-0.3, -0.25) is 4.79 Å². The lowest BCUT2D eigenvalue weighted by atomic mass is 10.1. The Kier molecular flexibility index (Phi) is 6.06. The molecule has 4 heteroatoms. The molecule has 0 aliphatic carbocycles. The minimum atomic E-state index is -0.268.